The summed E-state index contributed by atoms with van der Waals surface area (Å²) in [4.78, 5) is 7.85. The van der Waals surface area contributed by atoms with Crippen LogP contribution in [0.15, 0.2) is 18.7 Å². The molecule has 6 nitrogen and oxygen atoms in total. The summed E-state index contributed by atoms with van der Waals surface area (Å²) < 4.78 is 3.28. The van der Waals surface area contributed by atoms with Gasteiger partial charge in [0.25, 0.3) is 0 Å². The predicted octanol–water partition coefficient (Wildman–Crippen LogP) is -0.417. The van der Waals surface area contributed by atoms with E-state index in [4.69, 9.17) is 5.73 Å². The zero-order valence-corrected chi connectivity index (χ0v) is 6.55. The minimum atomic E-state index is 0.337. The number of anilines is 1. The number of aromatic nitrogens is 5. The number of imidazole rings is 1. The molecule has 2 rings (SSSR count). The van der Waals surface area contributed by atoms with E-state index in [2.05, 4.69) is 15.1 Å². The van der Waals surface area contributed by atoms with Crippen LogP contribution in [0.3, 0.4) is 0 Å². The Labute approximate surface area is 68.7 Å². The van der Waals surface area contributed by atoms with Crippen molar-refractivity contribution in [2.24, 2.45) is 7.05 Å². The normalized spacial score (nSPS) is 10.4. The second-order valence-corrected chi connectivity index (χ2v) is 2.37. The number of hydrogen-bond acceptors (Lipinski definition) is 4. The molecule has 0 amide bonds. The average Bonchev–Trinajstić information content (AvgIpc) is 2.59. The van der Waals surface area contributed by atoms with Crippen molar-refractivity contribution < 1.29 is 0 Å². The number of aryl methyl sites for hydroxylation is 1. The van der Waals surface area contributed by atoms with E-state index in [1.165, 1.54) is 11.0 Å². The Kier molecular flexibility index (Phi) is 1.33. The molecule has 0 atom stereocenters. The van der Waals surface area contributed by atoms with Crippen LogP contribution in [0.2, 0.25) is 0 Å². The van der Waals surface area contributed by atoms with Crippen LogP contribution in [0, 0.1) is 0 Å². The third-order valence-corrected chi connectivity index (χ3v) is 1.56. The lowest BCUT2D eigenvalue weighted by Gasteiger charge is -2.00. The van der Waals surface area contributed by atoms with Gasteiger partial charge in [0, 0.05) is 19.4 Å². The third kappa shape index (κ3) is 0.849. The monoisotopic (exact) mass is 164 g/mol. The minimum Gasteiger partial charge on any atom is -0.368 e. The topological polar surface area (TPSA) is 74.5 Å². The summed E-state index contributed by atoms with van der Waals surface area (Å²) in [5, 5.41) is 3.92. The highest BCUT2D eigenvalue weighted by atomic mass is 15.4. The van der Waals surface area contributed by atoms with Gasteiger partial charge in [-0.1, -0.05) is 0 Å². The Balaban J connectivity index is 2.57. The molecule has 2 aromatic rings. The van der Waals surface area contributed by atoms with Crippen LogP contribution in [0.4, 0.5) is 5.95 Å². The van der Waals surface area contributed by atoms with Crippen molar-refractivity contribution in [3.63, 3.8) is 0 Å². The quantitative estimate of drug-likeness (QED) is 0.621. The van der Waals surface area contributed by atoms with E-state index in [9.17, 15) is 0 Å². The molecule has 0 fully saturated rings. The van der Waals surface area contributed by atoms with Gasteiger partial charge in [0.15, 0.2) is 0 Å². The molecule has 0 radical (unpaired) electrons. The molecule has 12 heavy (non-hydrogen) atoms. The number of rotatable bonds is 1. The van der Waals surface area contributed by atoms with Crippen LogP contribution >= 0.6 is 0 Å². The molecular weight excluding hydrogens is 156 g/mol. The van der Waals surface area contributed by atoms with Gasteiger partial charge in [-0.05, 0) is 0 Å². The smallest absolute Gasteiger partial charge is 0.233 e. The molecule has 0 spiro atoms. The van der Waals surface area contributed by atoms with Gasteiger partial charge in [0.05, 0.1) is 0 Å². The van der Waals surface area contributed by atoms with Crippen molar-refractivity contribution in [2.75, 3.05) is 5.73 Å². The Hall–Kier alpha value is -1.85. The maximum absolute atomic E-state index is 5.54. The molecule has 0 aliphatic rings. The minimum absolute atomic E-state index is 0.337. The van der Waals surface area contributed by atoms with Crippen molar-refractivity contribution in [3.05, 3.63) is 18.7 Å². The van der Waals surface area contributed by atoms with E-state index in [0.717, 1.165) is 0 Å². The molecule has 0 aromatic carbocycles. The fourth-order valence-electron chi connectivity index (χ4n) is 0.966. The molecule has 62 valence electrons. The molecule has 0 saturated heterocycles. The molecule has 2 aromatic heterocycles. The molecule has 6 heteroatoms. The number of nitrogens with zero attached hydrogens (tertiary/aromatic N) is 5. The first-order valence-electron chi connectivity index (χ1n) is 3.42. The molecular formula is C6H8N6. The molecule has 0 unspecified atom stereocenters. The van der Waals surface area contributed by atoms with Gasteiger partial charge in [0.2, 0.25) is 11.9 Å². The van der Waals surface area contributed by atoms with Crippen LogP contribution in [0.25, 0.3) is 5.95 Å². The predicted molar refractivity (Wildman–Crippen MR) is 42.5 cm³/mol. The lowest BCUT2D eigenvalue weighted by Crippen LogP contribution is -2.07. The van der Waals surface area contributed by atoms with E-state index in [1.807, 2.05) is 17.8 Å². The van der Waals surface area contributed by atoms with Gasteiger partial charge in [0.1, 0.15) is 6.33 Å². The molecule has 0 aliphatic heterocycles. The van der Waals surface area contributed by atoms with Gasteiger partial charge in [-0.25, -0.2) is 4.98 Å². The molecule has 0 aliphatic carbocycles. The number of nitrogens with two attached hydrogens (primary N) is 1. The maximum Gasteiger partial charge on any atom is 0.233 e. The van der Waals surface area contributed by atoms with Crippen LogP contribution < -0.4 is 5.73 Å². The zero-order chi connectivity index (χ0) is 8.55. The van der Waals surface area contributed by atoms with Crippen molar-refractivity contribution >= 4 is 5.95 Å². The first-order chi connectivity index (χ1) is 5.79. The van der Waals surface area contributed by atoms with Gasteiger partial charge < -0.3 is 10.3 Å². The standard InChI is InChI=1S/C6H8N6/c1-11-3-2-8-6(11)12-5(7)9-4-10-12/h2-4H,1H3,(H2,7,9,10). The van der Waals surface area contributed by atoms with Crippen LogP contribution in [0.1, 0.15) is 0 Å². The molecule has 2 heterocycles. The van der Waals surface area contributed by atoms with Gasteiger partial charge in [-0.15, -0.1) is 0 Å². The molecule has 2 N–H and O–H groups in total. The highest BCUT2D eigenvalue weighted by Gasteiger charge is 2.05. The zero-order valence-electron chi connectivity index (χ0n) is 6.55. The lowest BCUT2D eigenvalue weighted by atomic mass is 10.9. The Morgan fingerprint density at radius 2 is 2.25 bits per heavy atom. The maximum atomic E-state index is 5.54. The van der Waals surface area contributed by atoms with Crippen LogP contribution in [0.5, 0.6) is 0 Å². The van der Waals surface area contributed by atoms with Crippen molar-refractivity contribution in [1.82, 2.24) is 24.3 Å². The lowest BCUT2D eigenvalue weighted by molar-refractivity contribution is 0.756. The summed E-state index contributed by atoms with van der Waals surface area (Å²) in [5.74, 6) is 0.995. The fraction of sp³-hybridized carbons (Fsp3) is 0.167. The van der Waals surface area contributed by atoms with Gasteiger partial charge in [-0.2, -0.15) is 14.8 Å². The fourth-order valence-corrected chi connectivity index (χ4v) is 0.966. The average molecular weight is 164 g/mol. The summed E-state index contributed by atoms with van der Waals surface area (Å²) in [7, 11) is 1.86. The first kappa shape index (κ1) is 6.84. The highest BCUT2D eigenvalue weighted by molar-refractivity contribution is 5.25. The van der Waals surface area contributed by atoms with Crippen molar-refractivity contribution in [2.45, 2.75) is 0 Å². The van der Waals surface area contributed by atoms with Crippen LogP contribution in [-0.2, 0) is 7.05 Å². The van der Waals surface area contributed by atoms with Crippen molar-refractivity contribution in [3.8, 4) is 5.95 Å². The molecule has 0 saturated carbocycles. The Morgan fingerprint density at radius 3 is 2.75 bits per heavy atom. The number of hydrogen-bond donors (Lipinski definition) is 1. The second kappa shape index (κ2) is 2.33. The van der Waals surface area contributed by atoms with Crippen molar-refractivity contribution in [1.29, 1.82) is 0 Å². The van der Waals surface area contributed by atoms with E-state index in [-0.39, 0.29) is 0 Å². The van der Waals surface area contributed by atoms with E-state index >= 15 is 0 Å². The number of nitrogen functional groups attached to an aromatic ring is 1. The highest BCUT2D eigenvalue weighted by Crippen LogP contribution is 2.04. The van der Waals surface area contributed by atoms with E-state index in [0.29, 0.717) is 11.9 Å². The SMILES string of the molecule is Cn1ccnc1-n1ncnc1N. The summed E-state index contributed by atoms with van der Waals surface area (Å²) >= 11 is 0. The second-order valence-electron chi connectivity index (χ2n) is 2.37. The van der Waals surface area contributed by atoms with Gasteiger partial charge in [-0.3, -0.25) is 0 Å². The van der Waals surface area contributed by atoms with Gasteiger partial charge >= 0.3 is 0 Å². The first-order valence-corrected chi connectivity index (χ1v) is 3.42. The summed E-state index contributed by atoms with van der Waals surface area (Å²) in [6, 6.07) is 0. The summed E-state index contributed by atoms with van der Waals surface area (Å²) in [5.41, 5.74) is 5.54. The van der Waals surface area contributed by atoms with E-state index < -0.39 is 0 Å². The largest absolute Gasteiger partial charge is 0.368 e. The molecule has 0 bridgehead atoms. The Bertz CT molecular complexity index is 348. The third-order valence-electron chi connectivity index (χ3n) is 1.56. The summed E-state index contributed by atoms with van der Waals surface area (Å²) in [6.45, 7) is 0. The van der Waals surface area contributed by atoms with E-state index in [1.54, 1.807) is 6.20 Å². The summed E-state index contributed by atoms with van der Waals surface area (Å²) in [6.07, 6.45) is 4.89. The van der Waals surface area contributed by atoms with Crippen LogP contribution in [-0.4, -0.2) is 24.3 Å². The Morgan fingerprint density at radius 1 is 1.42 bits per heavy atom.